The fourth-order valence-electron chi connectivity index (χ4n) is 6.01. The molecule has 5 aromatic carbocycles. The Balaban J connectivity index is 1.41. The van der Waals surface area contributed by atoms with E-state index in [0.29, 0.717) is 29.7 Å². The van der Waals surface area contributed by atoms with Gasteiger partial charge in [0.25, 0.3) is 0 Å². The molecular weight excluding hydrogens is 698 g/mol. The summed E-state index contributed by atoms with van der Waals surface area (Å²) < 4.78 is 86.4. The van der Waals surface area contributed by atoms with Crippen LogP contribution in [0.5, 0.6) is 5.75 Å². The van der Waals surface area contributed by atoms with E-state index >= 15 is 0 Å². The first-order valence-corrected chi connectivity index (χ1v) is 16.5. The Morgan fingerprint density at radius 1 is 0.528 bits per heavy atom. The summed E-state index contributed by atoms with van der Waals surface area (Å²) in [5.74, 6) is -1.73. The van der Waals surface area contributed by atoms with Gasteiger partial charge in [-0.3, -0.25) is 19.2 Å². The molecule has 11 heteroatoms. The molecular formula is C42H32F6O5. The van der Waals surface area contributed by atoms with Crippen LogP contribution in [0.2, 0.25) is 0 Å². The molecule has 0 amide bonds. The fraction of sp³-hybridized carbons (Fsp3) is 0.190. The SMILES string of the molecule is CCc1cc(CC(=O)c2cccc(C(=O)Cc3ccc(-c4ccc(CC(=O)c5cccc(C(C)=O)c5)cc4C(F)(F)F)c(C(F)(F)F)c3)c2)ccc1O. The van der Waals surface area contributed by atoms with Crippen LogP contribution >= 0.6 is 0 Å². The van der Waals surface area contributed by atoms with Crippen LogP contribution in [0.1, 0.15) is 88.7 Å². The summed E-state index contributed by atoms with van der Waals surface area (Å²) in [5.41, 5.74) is -2.59. The van der Waals surface area contributed by atoms with Crippen molar-refractivity contribution in [1.82, 2.24) is 0 Å². The molecule has 0 aliphatic rings. The minimum atomic E-state index is -5.11. The zero-order valence-corrected chi connectivity index (χ0v) is 28.5. The van der Waals surface area contributed by atoms with Crippen molar-refractivity contribution in [3.05, 3.63) is 159 Å². The number of halogens is 6. The third kappa shape index (κ3) is 9.15. The van der Waals surface area contributed by atoms with E-state index in [0.717, 1.165) is 24.3 Å². The van der Waals surface area contributed by atoms with Crippen molar-refractivity contribution in [3.8, 4) is 16.9 Å². The molecule has 53 heavy (non-hydrogen) atoms. The molecule has 5 rings (SSSR count). The predicted molar refractivity (Wildman–Crippen MR) is 186 cm³/mol. The Bertz CT molecular complexity index is 2230. The van der Waals surface area contributed by atoms with Gasteiger partial charge >= 0.3 is 12.4 Å². The molecule has 0 fully saturated rings. The van der Waals surface area contributed by atoms with Crippen LogP contribution in [0.3, 0.4) is 0 Å². The smallest absolute Gasteiger partial charge is 0.417 e. The maximum absolute atomic E-state index is 14.4. The molecule has 0 radical (unpaired) electrons. The van der Waals surface area contributed by atoms with Crippen LogP contribution in [-0.2, 0) is 38.0 Å². The lowest BCUT2D eigenvalue weighted by Gasteiger charge is -2.19. The van der Waals surface area contributed by atoms with Gasteiger partial charge in [0.1, 0.15) is 5.75 Å². The number of hydrogen-bond acceptors (Lipinski definition) is 5. The van der Waals surface area contributed by atoms with Crippen LogP contribution in [0, 0.1) is 0 Å². The highest BCUT2D eigenvalue weighted by molar-refractivity contribution is 6.03. The van der Waals surface area contributed by atoms with Gasteiger partial charge in [0.05, 0.1) is 11.1 Å². The molecule has 0 saturated heterocycles. The molecule has 0 aliphatic carbocycles. The second kappa shape index (κ2) is 15.4. The standard InChI is InChI=1S/C42H32F6O5/c1-3-28-16-25(12-15-37(28)50)19-38(51)31-8-5-9-32(23-31)40(53)21-27-11-14-34(36(18-27)42(46,47)48)33-13-10-26(17-35(33)41(43,44)45)20-39(52)30-7-4-6-29(22-30)24(2)49/h4-18,22-23,50H,3,19-21H2,1-2H3. The maximum atomic E-state index is 14.4. The lowest BCUT2D eigenvalue weighted by Crippen LogP contribution is -2.14. The maximum Gasteiger partial charge on any atom is 0.417 e. The Morgan fingerprint density at radius 3 is 1.30 bits per heavy atom. The molecule has 0 spiro atoms. The van der Waals surface area contributed by atoms with E-state index in [1.165, 1.54) is 61.5 Å². The topological polar surface area (TPSA) is 88.5 Å². The van der Waals surface area contributed by atoms with Gasteiger partial charge < -0.3 is 5.11 Å². The minimum absolute atomic E-state index is 0.0203. The Labute approximate surface area is 300 Å². The number of aryl methyl sites for hydroxylation is 1. The van der Waals surface area contributed by atoms with Crippen LogP contribution < -0.4 is 0 Å². The number of Topliss-reactive ketones (excluding diaryl/α,β-unsaturated/α-hetero) is 4. The lowest BCUT2D eigenvalue weighted by molar-refractivity contribution is -0.139. The molecule has 0 unspecified atom stereocenters. The van der Waals surface area contributed by atoms with Gasteiger partial charge in [0.2, 0.25) is 0 Å². The zero-order valence-electron chi connectivity index (χ0n) is 28.5. The number of phenols is 1. The molecule has 0 atom stereocenters. The third-order valence-electron chi connectivity index (χ3n) is 8.79. The number of phenolic OH excluding ortho intramolecular Hbond substituents is 1. The molecule has 5 nitrogen and oxygen atoms in total. The van der Waals surface area contributed by atoms with E-state index in [2.05, 4.69) is 0 Å². The molecule has 0 aromatic heterocycles. The number of carbonyl (C=O) groups is 4. The molecule has 0 heterocycles. The minimum Gasteiger partial charge on any atom is -0.508 e. The van der Waals surface area contributed by atoms with E-state index in [1.807, 2.05) is 6.92 Å². The first-order valence-electron chi connectivity index (χ1n) is 16.5. The summed E-state index contributed by atoms with van der Waals surface area (Å²) in [5, 5.41) is 9.92. The predicted octanol–water partition coefficient (Wildman–Crippen LogP) is 10.1. The summed E-state index contributed by atoms with van der Waals surface area (Å²) in [6.45, 7) is 3.15. The molecule has 0 aliphatic heterocycles. The summed E-state index contributed by atoms with van der Waals surface area (Å²) in [6, 6.07) is 21.5. The molecule has 5 aromatic rings. The van der Waals surface area contributed by atoms with Crippen molar-refractivity contribution in [2.75, 3.05) is 0 Å². The molecule has 0 bridgehead atoms. The van der Waals surface area contributed by atoms with Crippen molar-refractivity contribution >= 4 is 23.1 Å². The van der Waals surface area contributed by atoms with E-state index < -0.39 is 59.0 Å². The van der Waals surface area contributed by atoms with Gasteiger partial charge in [-0.25, -0.2) is 0 Å². The van der Waals surface area contributed by atoms with Gasteiger partial charge in [-0.05, 0) is 77.1 Å². The van der Waals surface area contributed by atoms with E-state index in [9.17, 15) is 50.6 Å². The Hall–Kier alpha value is -5.84. The summed E-state index contributed by atoms with van der Waals surface area (Å²) in [6.07, 6.45) is -10.7. The van der Waals surface area contributed by atoms with Crippen LogP contribution in [0.15, 0.2) is 103 Å². The highest BCUT2D eigenvalue weighted by atomic mass is 19.4. The van der Waals surface area contributed by atoms with Crippen LogP contribution in [0.4, 0.5) is 26.3 Å². The van der Waals surface area contributed by atoms with Gasteiger partial charge in [-0.2, -0.15) is 26.3 Å². The normalized spacial score (nSPS) is 11.7. The summed E-state index contributed by atoms with van der Waals surface area (Å²) in [4.78, 5) is 50.8. The van der Waals surface area contributed by atoms with Crippen molar-refractivity contribution in [1.29, 1.82) is 0 Å². The largest absolute Gasteiger partial charge is 0.508 e. The van der Waals surface area contributed by atoms with E-state index in [4.69, 9.17) is 0 Å². The quantitative estimate of drug-likeness (QED) is 0.102. The monoisotopic (exact) mass is 730 g/mol. The zero-order chi connectivity index (χ0) is 38.7. The number of benzene rings is 5. The summed E-state index contributed by atoms with van der Waals surface area (Å²) >= 11 is 0. The fourth-order valence-corrected chi connectivity index (χ4v) is 6.01. The number of alkyl halides is 6. The van der Waals surface area contributed by atoms with Gasteiger partial charge in [-0.1, -0.05) is 79.7 Å². The van der Waals surface area contributed by atoms with Crippen molar-refractivity contribution in [2.24, 2.45) is 0 Å². The number of aromatic hydroxyl groups is 1. The average Bonchev–Trinajstić information content (AvgIpc) is 3.11. The van der Waals surface area contributed by atoms with Crippen molar-refractivity contribution in [3.63, 3.8) is 0 Å². The lowest BCUT2D eigenvalue weighted by atomic mass is 9.90. The second-order valence-corrected chi connectivity index (χ2v) is 12.6. The van der Waals surface area contributed by atoms with Crippen LogP contribution in [-0.4, -0.2) is 28.2 Å². The number of carbonyl (C=O) groups excluding carboxylic acids is 4. The van der Waals surface area contributed by atoms with Gasteiger partial charge in [0, 0.05) is 41.5 Å². The highest BCUT2D eigenvalue weighted by Gasteiger charge is 2.39. The molecule has 1 N–H and O–H groups in total. The highest BCUT2D eigenvalue weighted by Crippen LogP contribution is 2.43. The van der Waals surface area contributed by atoms with Crippen LogP contribution in [0.25, 0.3) is 11.1 Å². The van der Waals surface area contributed by atoms with E-state index in [-0.39, 0.29) is 57.1 Å². The Morgan fingerprint density at radius 2 is 0.906 bits per heavy atom. The van der Waals surface area contributed by atoms with E-state index in [1.54, 1.807) is 12.1 Å². The first kappa shape index (κ1) is 38.4. The average molecular weight is 731 g/mol. The van der Waals surface area contributed by atoms with Crippen molar-refractivity contribution in [2.45, 2.75) is 51.9 Å². The Kier molecular flexibility index (Phi) is 11.2. The number of ketones is 4. The number of hydrogen-bond donors (Lipinski definition) is 1. The molecule has 272 valence electrons. The van der Waals surface area contributed by atoms with Crippen molar-refractivity contribution < 1.29 is 50.6 Å². The number of rotatable bonds is 12. The third-order valence-corrected chi connectivity index (χ3v) is 8.79. The van der Waals surface area contributed by atoms with Gasteiger partial charge in [-0.15, -0.1) is 0 Å². The summed E-state index contributed by atoms with van der Waals surface area (Å²) in [7, 11) is 0. The first-order chi connectivity index (χ1) is 24.9. The van der Waals surface area contributed by atoms with Gasteiger partial charge in [0.15, 0.2) is 23.1 Å². The second-order valence-electron chi connectivity index (χ2n) is 12.6. The molecule has 0 saturated carbocycles.